The van der Waals surface area contributed by atoms with Crippen molar-refractivity contribution in [3.05, 3.63) is 12.1 Å². The highest BCUT2D eigenvalue weighted by Crippen LogP contribution is 2.41. The maximum absolute atomic E-state index is 5.87. The van der Waals surface area contributed by atoms with Crippen LogP contribution in [0.25, 0.3) is 0 Å². The zero-order valence-corrected chi connectivity index (χ0v) is 14.4. The van der Waals surface area contributed by atoms with E-state index in [9.17, 15) is 0 Å². The lowest BCUT2D eigenvalue weighted by atomic mass is 10.2. The van der Waals surface area contributed by atoms with Crippen LogP contribution in [0.3, 0.4) is 0 Å². The predicted molar refractivity (Wildman–Crippen MR) is 89.6 cm³/mol. The molecule has 0 aliphatic heterocycles. The van der Waals surface area contributed by atoms with Crippen LogP contribution in [0.4, 0.5) is 0 Å². The van der Waals surface area contributed by atoms with E-state index in [-0.39, 0.29) is 0 Å². The SMILES string of the molecule is CCCOc1cc(OCCC)c(OCCC)c(OCCC)c1. The van der Waals surface area contributed by atoms with Gasteiger partial charge in [0, 0.05) is 12.1 Å². The lowest BCUT2D eigenvalue weighted by molar-refractivity contribution is 0.238. The first-order valence-electron chi connectivity index (χ1n) is 8.45. The lowest BCUT2D eigenvalue weighted by Crippen LogP contribution is -2.06. The Morgan fingerprint density at radius 2 is 1.00 bits per heavy atom. The second kappa shape index (κ2) is 11.0. The Balaban J connectivity index is 3.07. The summed E-state index contributed by atoms with van der Waals surface area (Å²) >= 11 is 0. The van der Waals surface area contributed by atoms with Crippen molar-refractivity contribution in [3.63, 3.8) is 0 Å². The van der Waals surface area contributed by atoms with E-state index >= 15 is 0 Å². The zero-order valence-electron chi connectivity index (χ0n) is 14.4. The van der Waals surface area contributed by atoms with E-state index in [1.165, 1.54) is 0 Å². The minimum Gasteiger partial charge on any atom is -0.493 e. The summed E-state index contributed by atoms with van der Waals surface area (Å²) in [5.41, 5.74) is 0. The minimum atomic E-state index is 0.639. The molecule has 0 aliphatic rings. The second-order valence-electron chi connectivity index (χ2n) is 5.14. The Hall–Kier alpha value is -1.58. The monoisotopic (exact) mass is 310 g/mol. The van der Waals surface area contributed by atoms with Crippen molar-refractivity contribution < 1.29 is 18.9 Å². The van der Waals surface area contributed by atoms with Gasteiger partial charge in [-0.1, -0.05) is 27.7 Å². The molecule has 0 radical (unpaired) electrons. The summed E-state index contributed by atoms with van der Waals surface area (Å²) in [5.74, 6) is 2.86. The number of rotatable bonds is 12. The molecule has 22 heavy (non-hydrogen) atoms. The van der Waals surface area contributed by atoms with Crippen LogP contribution >= 0.6 is 0 Å². The highest BCUT2D eigenvalue weighted by molar-refractivity contribution is 5.56. The molecule has 0 aliphatic carbocycles. The van der Waals surface area contributed by atoms with Crippen LogP contribution in [0.15, 0.2) is 12.1 Å². The largest absolute Gasteiger partial charge is 0.493 e. The summed E-state index contributed by atoms with van der Waals surface area (Å²) in [6.45, 7) is 10.9. The van der Waals surface area contributed by atoms with Crippen molar-refractivity contribution in [2.24, 2.45) is 0 Å². The molecule has 0 atom stereocenters. The number of hydrogen-bond donors (Lipinski definition) is 0. The molecule has 126 valence electrons. The van der Waals surface area contributed by atoms with Gasteiger partial charge >= 0.3 is 0 Å². The molecule has 1 rings (SSSR count). The topological polar surface area (TPSA) is 36.9 Å². The summed E-state index contributed by atoms with van der Waals surface area (Å²) in [7, 11) is 0. The molecule has 0 fully saturated rings. The Morgan fingerprint density at radius 1 is 0.591 bits per heavy atom. The number of ether oxygens (including phenoxy) is 4. The third-order valence-electron chi connectivity index (χ3n) is 2.84. The number of hydrogen-bond acceptors (Lipinski definition) is 4. The van der Waals surface area contributed by atoms with Gasteiger partial charge in [0.15, 0.2) is 11.5 Å². The Labute approximate surface area is 134 Å². The molecule has 0 amide bonds. The highest BCUT2D eigenvalue weighted by Gasteiger charge is 2.16. The molecule has 4 nitrogen and oxygen atoms in total. The third-order valence-corrected chi connectivity index (χ3v) is 2.84. The maximum Gasteiger partial charge on any atom is 0.203 e. The first-order valence-corrected chi connectivity index (χ1v) is 8.45. The normalized spacial score (nSPS) is 10.4. The second-order valence-corrected chi connectivity index (χ2v) is 5.14. The molecule has 0 bridgehead atoms. The van der Waals surface area contributed by atoms with Gasteiger partial charge in [-0.25, -0.2) is 0 Å². The smallest absolute Gasteiger partial charge is 0.203 e. The molecule has 0 spiro atoms. The Morgan fingerprint density at radius 3 is 1.45 bits per heavy atom. The van der Waals surface area contributed by atoms with Crippen LogP contribution in [0.2, 0.25) is 0 Å². The lowest BCUT2D eigenvalue weighted by Gasteiger charge is -2.18. The van der Waals surface area contributed by atoms with Crippen LogP contribution in [-0.4, -0.2) is 26.4 Å². The van der Waals surface area contributed by atoms with Gasteiger partial charge < -0.3 is 18.9 Å². The zero-order chi connectivity index (χ0) is 16.2. The molecule has 1 aromatic rings. The molecule has 0 aromatic heterocycles. The van der Waals surface area contributed by atoms with Crippen LogP contribution in [0.1, 0.15) is 53.4 Å². The average Bonchev–Trinajstić information content (AvgIpc) is 2.54. The summed E-state index contributed by atoms with van der Waals surface area (Å²) in [6.07, 6.45) is 3.79. The fourth-order valence-electron chi connectivity index (χ4n) is 1.84. The van der Waals surface area contributed by atoms with E-state index in [1.54, 1.807) is 0 Å². The molecule has 0 saturated carbocycles. The van der Waals surface area contributed by atoms with Gasteiger partial charge in [-0.2, -0.15) is 0 Å². The number of benzene rings is 1. The maximum atomic E-state index is 5.87. The Kier molecular flexibility index (Phi) is 9.28. The van der Waals surface area contributed by atoms with Crippen LogP contribution in [0.5, 0.6) is 23.0 Å². The van der Waals surface area contributed by atoms with Crippen molar-refractivity contribution in [3.8, 4) is 23.0 Å². The fourth-order valence-corrected chi connectivity index (χ4v) is 1.84. The predicted octanol–water partition coefficient (Wildman–Crippen LogP) is 4.84. The van der Waals surface area contributed by atoms with E-state index < -0.39 is 0 Å². The standard InChI is InChI=1S/C18H30O4/c1-5-9-19-15-13-16(20-10-6-2)18(22-12-8-4)17(14-15)21-11-7-3/h13-14H,5-12H2,1-4H3. The highest BCUT2D eigenvalue weighted by atomic mass is 16.5. The molecular formula is C18H30O4. The molecule has 0 unspecified atom stereocenters. The van der Waals surface area contributed by atoms with Gasteiger partial charge in [0.25, 0.3) is 0 Å². The summed E-state index contributed by atoms with van der Waals surface area (Å²) in [6, 6.07) is 3.80. The Bertz CT molecular complexity index is 389. The molecule has 0 N–H and O–H groups in total. The molecular weight excluding hydrogens is 280 g/mol. The first-order chi connectivity index (χ1) is 10.8. The van der Waals surface area contributed by atoms with Crippen molar-refractivity contribution in [1.29, 1.82) is 0 Å². The summed E-state index contributed by atoms with van der Waals surface area (Å²) in [4.78, 5) is 0. The van der Waals surface area contributed by atoms with Crippen molar-refractivity contribution in [2.75, 3.05) is 26.4 Å². The van der Waals surface area contributed by atoms with Crippen molar-refractivity contribution >= 4 is 0 Å². The fraction of sp³-hybridized carbons (Fsp3) is 0.667. The van der Waals surface area contributed by atoms with Crippen molar-refractivity contribution in [2.45, 2.75) is 53.4 Å². The molecule has 4 heteroatoms. The van der Waals surface area contributed by atoms with Gasteiger partial charge in [0.05, 0.1) is 26.4 Å². The molecule has 0 heterocycles. The van der Waals surface area contributed by atoms with E-state index in [0.717, 1.165) is 31.4 Å². The van der Waals surface area contributed by atoms with Gasteiger partial charge in [-0.15, -0.1) is 0 Å². The summed E-state index contributed by atoms with van der Waals surface area (Å²) < 4.78 is 23.3. The van der Waals surface area contributed by atoms with Gasteiger partial charge in [0.2, 0.25) is 5.75 Å². The van der Waals surface area contributed by atoms with Crippen LogP contribution in [0, 0.1) is 0 Å². The molecule has 0 saturated heterocycles. The van der Waals surface area contributed by atoms with E-state index in [0.29, 0.717) is 43.7 Å². The van der Waals surface area contributed by atoms with E-state index in [1.807, 2.05) is 12.1 Å². The third kappa shape index (κ3) is 6.04. The van der Waals surface area contributed by atoms with E-state index in [4.69, 9.17) is 18.9 Å². The molecule has 1 aromatic carbocycles. The average molecular weight is 310 g/mol. The van der Waals surface area contributed by atoms with Crippen LogP contribution < -0.4 is 18.9 Å². The van der Waals surface area contributed by atoms with Crippen molar-refractivity contribution in [1.82, 2.24) is 0 Å². The van der Waals surface area contributed by atoms with E-state index in [2.05, 4.69) is 27.7 Å². The van der Waals surface area contributed by atoms with Gasteiger partial charge in [-0.05, 0) is 25.7 Å². The van der Waals surface area contributed by atoms with Gasteiger partial charge in [-0.3, -0.25) is 0 Å². The quantitative estimate of drug-likeness (QED) is 0.553. The first kappa shape index (κ1) is 18.5. The summed E-state index contributed by atoms with van der Waals surface area (Å²) in [5, 5.41) is 0. The van der Waals surface area contributed by atoms with Crippen LogP contribution in [-0.2, 0) is 0 Å². The van der Waals surface area contributed by atoms with Gasteiger partial charge in [0.1, 0.15) is 5.75 Å². The minimum absolute atomic E-state index is 0.639.